The number of pyridine rings is 1. The SMILES string of the molecule is Cc1noc(C)c1-c1cnc2c3ccc(C(O)CC#N)cc3n([C@H](c3ccccc3)C3CCOCC3)c2c1. The van der Waals surface area contributed by atoms with E-state index in [1.807, 2.05) is 44.3 Å². The average Bonchev–Trinajstić information content (AvgIpc) is 3.45. The van der Waals surface area contributed by atoms with Crippen LogP contribution in [0.2, 0.25) is 0 Å². The third-order valence-electron chi connectivity index (χ3n) is 7.79. The first-order chi connectivity index (χ1) is 18.6. The Bertz CT molecular complexity index is 1620. The van der Waals surface area contributed by atoms with Crippen LogP contribution < -0.4 is 0 Å². The number of aryl methyl sites for hydroxylation is 2. The monoisotopic (exact) mass is 506 g/mol. The fourth-order valence-corrected chi connectivity index (χ4v) is 5.98. The van der Waals surface area contributed by atoms with Crippen LogP contribution in [-0.4, -0.2) is 33.0 Å². The standard InChI is InChI=1S/C31H30N4O3/c1-19-29(20(2)38-34-19)24-17-27-30(33-18-24)25-9-8-23(28(36)10-13-32)16-26(25)35(27)31(21-6-4-3-5-7-21)22-11-14-37-15-12-22/h3-9,16-18,22,28,31,36H,10-12,14-15H2,1-2H3/t28?,31-/m1/s1. The van der Waals surface area contributed by atoms with Gasteiger partial charge in [-0.1, -0.05) is 47.6 Å². The number of aromatic nitrogens is 3. The lowest BCUT2D eigenvalue weighted by Gasteiger charge is -2.33. The first kappa shape index (κ1) is 24.4. The number of aliphatic hydroxyl groups is 1. The van der Waals surface area contributed by atoms with Crippen molar-refractivity contribution in [2.45, 2.75) is 45.3 Å². The van der Waals surface area contributed by atoms with Crippen LogP contribution in [0.15, 0.2) is 65.3 Å². The van der Waals surface area contributed by atoms with Gasteiger partial charge in [0.05, 0.1) is 46.9 Å². The van der Waals surface area contributed by atoms with Crippen molar-refractivity contribution in [1.29, 1.82) is 5.26 Å². The molecule has 1 fully saturated rings. The van der Waals surface area contributed by atoms with Gasteiger partial charge >= 0.3 is 0 Å². The number of rotatable bonds is 6. The van der Waals surface area contributed by atoms with E-state index in [-0.39, 0.29) is 12.5 Å². The third kappa shape index (κ3) is 4.16. The molecule has 1 aliphatic heterocycles. The highest BCUT2D eigenvalue weighted by atomic mass is 16.5. The Kier molecular flexibility index (Phi) is 6.44. The highest BCUT2D eigenvalue weighted by Gasteiger charge is 2.30. The predicted molar refractivity (Wildman–Crippen MR) is 146 cm³/mol. The van der Waals surface area contributed by atoms with Gasteiger partial charge in [-0.3, -0.25) is 4.98 Å². The van der Waals surface area contributed by atoms with E-state index in [2.05, 4.69) is 46.1 Å². The molecule has 7 heteroatoms. The van der Waals surface area contributed by atoms with Gasteiger partial charge in [-0.25, -0.2) is 0 Å². The van der Waals surface area contributed by atoms with Crippen molar-refractivity contribution in [1.82, 2.24) is 14.7 Å². The summed E-state index contributed by atoms with van der Waals surface area (Å²) < 4.78 is 13.6. The van der Waals surface area contributed by atoms with E-state index >= 15 is 0 Å². The van der Waals surface area contributed by atoms with Crippen molar-refractivity contribution in [3.63, 3.8) is 0 Å². The van der Waals surface area contributed by atoms with Crippen molar-refractivity contribution in [2.75, 3.05) is 13.2 Å². The Morgan fingerprint density at radius 2 is 1.84 bits per heavy atom. The molecule has 0 spiro atoms. The van der Waals surface area contributed by atoms with E-state index in [9.17, 15) is 10.4 Å². The summed E-state index contributed by atoms with van der Waals surface area (Å²) >= 11 is 0. The summed E-state index contributed by atoms with van der Waals surface area (Å²) in [6.07, 6.45) is 2.99. The number of hydrogen-bond acceptors (Lipinski definition) is 6. The summed E-state index contributed by atoms with van der Waals surface area (Å²) in [5.41, 5.74) is 7.63. The molecule has 0 saturated carbocycles. The maximum absolute atomic E-state index is 10.7. The molecule has 0 bridgehead atoms. The summed E-state index contributed by atoms with van der Waals surface area (Å²) in [5, 5.41) is 25.1. The molecule has 2 aromatic carbocycles. The fourth-order valence-electron chi connectivity index (χ4n) is 5.98. The lowest BCUT2D eigenvalue weighted by atomic mass is 9.86. The lowest BCUT2D eigenvalue weighted by molar-refractivity contribution is 0.0553. The molecule has 1 N–H and O–H groups in total. The zero-order valence-electron chi connectivity index (χ0n) is 21.6. The molecule has 0 aliphatic carbocycles. The molecule has 1 unspecified atom stereocenters. The van der Waals surface area contributed by atoms with Crippen molar-refractivity contribution in [3.05, 3.63) is 83.4 Å². The molecule has 1 aliphatic rings. The first-order valence-corrected chi connectivity index (χ1v) is 13.1. The minimum atomic E-state index is -0.847. The summed E-state index contributed by atoms with van der Waals surface area (Å²) in [7, 11) is 0. The number of fused-ring (bicyclic) bond motifs is 3. The summed E-state index contributed by atoms with van der Waals surface area (Å²) in [5.74, 6) is 1.12. The zero-order chi connectivity index (χ0) is 26.2. The Labute approximate surface area is 221 Å². The van der Waals surface area contributed by atoms with Crippen LogP contribution in [0, 0.1) is 31.1 Å². The number of hydrogen-bond donors (Lipinski definition) is 1. The van der Waals surface area contributed by atoms with Crippen LogP contribution in [0.4, 0.5) is 0 Å². The van der Waals surface area contributed by atoms with E-state index in [0.717, 1.165) is 76.1 Å². The van der Waals surface area contributed by atoms with E-state index < -0.39 is 6.10 Å². The van der Waals surface area contributed by atoms with E-state index in [1.165, 1.54) is 5.56 Å². The minimum Gasteiger partial charge on any atom is -0.387 e. The Balaban J connectivity index is 1.67. The maximum atomic E-state index is 10.7. The Morgan fingerprint density at radius 1 is 1.05 bits per heavy atom. The minimum absolute atomic E-state index is 0.0439. The number of ether oxygens (including phenoxy) is 1. The van der Waals surface area contributed by atoms with Crippen LogP contribution in [0.3, 0.4) is 0 Å². The predicted octanol–water partition coefficient (Wildman–Crippen LogP) is 6.42. The van der Waals surface area contributed by atoms with Gasteiger partial charge in [0.15, 0.2) is 0 Å². The maximum Gasteiger partial charge on any atom is 0.141 e. The molecule has 7 nitrogen and oxygen atoms in total. The van der Waals surface area contributed by atoms with Gasteiger partial charge in [0, 0.05) is 35.9 Å². The van der Waals surface area contributed by atoms with Gasteiger partial charge < -0.3 is 18.9 Å². The van der Waals surface area contributed by atoms with Crippen LogP contribution in [-0.2, 0) is 4.74 Å². The van der Waals surface area contributed by atoms with E-state index in [0.29, 0.717) is 5.92 Å². The van der Waals surface area contributed by atoms with Crippen molar-refractivity contribution >= 4 is 21.9 Å². The van der Waals surface area contributed by atoms with Gasteiger partial charge in [0.25, 0.3) is 0 Å². The number of aliphatic hydroxyl groups excluding tert-OH is 1. The molecule has 6 rings (SSSR count). The molecular weight excluding hydrogens is 476 g/mol. The summed E-state index contributed by atoms with van der Waals surface area (Å²) in [6, 6.07) is 20.9. The van der Waals surface area contributed by atoms with Crippen LogP contribution >= 0.6 is 0 Å². The third-order valence-corrected chi connectivity index (χ3v) is 7.79. The molecule has 3 aromatic heterocycles. The molecule has 4 heterocycles. The number of benzene rings is 2. The summed E-state index contributed by atoms with van der Waals surface area (Å²) in [6.45, 7) is 5.34. The van der Waals surface area contributed by atoms with E-state index in [4.69, 9.17) is 14.2 Å². The normalized spacial score (nSPS) is 16.1. The largest absolute Gasteiger partial charge is 0.387 e. The second kappa shape index (κ2) is 10.1. The molecule has 2 atom stereocenters. The number of nitrogens with zero attached hydrogens (tertiary/aromatic N) is 4. The van der Waals surface area contributed by atoms with Gasteiger partial charge in [0.1, 0.15) is 5.76 Å². The average molecular weight is 507 g/mol. The quantitative estimate of drug-likeness (QED) is 0.285. The molecule has 192 valence electrons. The van der Waals surface area contributed by atoms with Crippen molar-refractivity contribution in [3.8, 4) is 17.2 Å². The fraction of sp³-hybridized carbons (Fsp3) is 0.323. The van der Waals surface area contributed by atoms with E-state index in [1.54, 1.807) is 0 Å². The molecule has 1 saturated heterocycles. The van der Waals surface area contributed by atoms with Crippen molar-refractivity contribution < 1.29 is 14.4 Å². The second-order valence-corrected chi connectivity index (χ2v) is 10.1. The highest BCUT2D eigenvalue weighted by Crippen LogP contribution is 2.42. The second-order valence-electron chi connectivity index (χ2n) is 10.1. The Morgan fingerprint density at radius 3 is 2.55 bits per heavy atom. The molecule has 5 aromatic rings. The molecule has 38 heavy (non-hydrogen) atoms. The first-order valence-electron chi connectivity index (χ1n) is 13.1. The Hall–Kier alpha value is -3.99. The highest BCUT2D eigenvalue weighted by molar-refractivity contribution is 6.07. The summed E-state index contributed by atoms with van der Waals surface area (Å²) in [4.78, 5) is 4.97. The van der Waals surface area contributed by atoms with Crippen LogP contribution in [0.5, 0.6) is 0 Å². The van der Waals surface area contributed by atoms with Gasteiger partial charge in [-0.2, -0.15) is 5.26 Å². The van der Waals surface area contributed by atoms with Gasteiger partial charge in [-0.05, 0) is 55.9 Å². The molecular formula is C31H30N4O3. The van der Waals surface area contributed by atoms with Crippen LogP contribution in [0.25, 0.3) is 33.1 Å². The zero-order valence-corrected chi connectivity index (χ0v) is 21.6. The number of nitriles is 1. The van der Waals surface area contributed by atoms with Crippen molar-refractivity contribution in [2.24, 2.45) is 5.92 Å². The molecule has 0 radical (unpaired) electrons. The topological polar surface area (TPSA) is 97.1 Å². The van der Waals surface area contributed by atoms with Crippen LogP contribution in [0.1, 0.15) is 54.0 Å². The molecule has 0 amide bonds. The van der Waals surface area contributed by atoms with Gasteiger partial charge in [-0.15, -0.1) is 0 Å². The lowest BCUT2D eigenvalue weighted by Crippen LogP contribution is -2.27. The smallest absolute Gasteiger partial charge is 0.141 e. The van der Waals surface area contributed by atoms with Gasteiger partial charge in [0.2, 0.25) is 0 Å².